The van der Waals surface area contributed by atoms with E-state index in [4.69, 9.17) is 9.47 Å². The molecule has 2 amide bonds. The summed E-state index contributed by atoms with van der Waals surface area (Å²) in [6.07, 6.45) is -3.42. The van der Waals surface area contributed by atoms with Gasteiger partial charge in [0.15, 0.2) is 11.5 Å². The lowest BCUT2D eigenvalue weighted by atomic mass is 10.1. The van der Waals surface area contributed by atoms with E-state index in [0.717, 1.165) is 4.90 Å². The summed E-state index contributed by atoms with van der Waals surface area (Å²) in [6.45, 7) is 1.48. The van der Waals surface area contributed by atoms with Gasteiger partial charge in [-0.3, -0.25) is 9.59 Å². The van der Waals surface area contributed by atoms with Crippen LogP contribution in [0, 0.1) is 5.92 Å². The Hall–Kier alpha value is -2.45. The molecule has 9 heteroatoms. The van der Waals surface area contributed by atoms with Crippen LogP contribution in [0.15, 0.2) is 18.2 Å². The van der Waals surface area contributed by atoms with Gasteiger partial charge in [-0.1, -0.05) is 13.3 Å². The second-order valence-electron chi connectivity index (χ2n) is 6.96. The van der Waals surface area contributed by atoms with Gasteiger partial charge in [0.1, 0.15) is 19.8 Å². The Morgan fingerprint density at radius 3 is 2.64 bits per heavy atom. The van der Waals surface area contributed by atoms with Crippen LogP contribution in [0.25, 0.3) is 0 Å². The van der Waals surface area contributed by atoms with Gasteiger partial charge in [0, 0.05) is 31.3 Å². The van der Waals surface area contributed by atoms with Gasteiger partial charge in [0.25, 0.3) is 0 Å². The predicted molar refractivity (Wildman–Crippen MR) is 95.4 cm³/mol. The maximum Gasteiger partial charge on any atom is 0.406 e. The molecule has 28 heavy (non-hydrogen) atoms. The Balaban J connectivity index is 1.72. The SMILES string of the molecule is CCCCN(CC(F)(F)F)C(=O)[C@@H]1CC(=O)N(c2ccc3c(c2)OCCO3)C1. The van der Waals surface area contributed by atoms with Crippen molar-refractivity contribution in [2.45, 2.75) is 32.4 Å². The third kappa shape index (κ3) is 4.69. The predicted octanol–water partition coefficient (Wildman–Crippen LogP) is 3.00. The number of alkyl halides is 3. The molecular weight excluding hydrogens is 377 g/mol. The summed E-state index contributed by atoms with van der Waals surface area (Å²) < 4.78 is 49.5. The molecule has 154 valence electrons. The van der Waals surface area contributed by atoms with Crippen molar-refractivity contribution >= 4 is 17.5 Å². The van der Waals surface area contributed by atoms with Crippen LogP contribution >= 0.6 is 0 Å². The molecular formula is C19H23F3N2O4. The molecule has 0 unspecified atom stereocenters. The highest BCUT2D eigenvalue weighted by atomic mass is 19.4. The Morgan fingerprint density at radius 1 is 1.25 bits per heavy atom. The van der Waals surface area contributed by atoms with Gasteiger partial charge in [0.2, 0.25) is 11.8 Å². The second-order valence-corrected chi connectivity index (χ2v) is 6.96. The first kappa shape index (κ1) is 20.3. The van der Waals surface area contributed by atoms with Crippen LogP contribution < -0.4 is 14.4 Å². The number of rotatable bonds is 6. The van der Waals surface area contributed by atoms with Crippen molar-refractivity contribution in [2.24, 2.45) is 5.92 Å². The molecule has 1 aromatic carbocycles. The number of hydrogen-bond acceptors (Lipinski definition) is 4. The van der Waals surface area contributed by atoms with Crippen LogP contribution in [0.1, 0.15) is 26.2 Å². The van der Waals surface area contributed by atoms with Crippen LogP contribution in [0.4, 0.5) is 18.9 Å². The molecule has 0 spiro atoms. The molecule has 1 atom stereocenters. The Labute approximate surface area is 161 Å². The van der Waals surface area contributed by atoms with Crippen LogP contribution in [0.5, 0.6) is 11.5 Å². The van der Waals surface area contributed by atoms with E-state index in [2.05, 4.69) is 0 Å². The number of halogens is 3. The third-order valence-electron chi connectivity index (χ3n) is 4.78. The summed E-state index contributed by atoms with van der Waals surface area (Å²) in [6, 6.07) is 5.02. The lowest BCUT2D eigenvalue weighted by molar-refractivity contribution is -0.163. The number of nitrogens with zero attached hydrogens (tertiary/aromatic N) is 2. The number of benzene rings is 1. The van der Waals surface area contributed by atoms with Crippen molar-refractivity contribution in [1.82, 2.24) is 4.90 Å². The zero-order valence-electron chi connectivity index (χ0n) is 15.6. The minimum absolute atomic E-state index is 0.0313. The fourth-order valence-electron chi connectivity index (χ4n) is 3.41. The first-order valence-corrected chi connectivity index (χ1v) is 9.34. The summed E-state index contributed by atoms with van der Waals surface area (Å²) in [5.74, 6) is -0.630. The van der Waals surface area contributed by atoms with Gasteiger partial charge in [0.05, 0.1) is 5.92 Å². The zero-order valence-corrected chi connectivity index (χ0v) is 15.6. The lowest BCUT2D eigenvalue weighted by Gasteiger charge is -2.26. The lowest BCUT2D eigenvalue weighted by Crippen LogP contribution is -2.43. The Bertz CT molecular complexity index is 738. The minimum Gasteiger partial charge on any atom is -0.486 e. The largest absolute Gasteiger partial charge is 0.486 e. The Kier molecular flexibility index (Phi) is 6.00. The fourth-order valence-corrected chi connectivity index (χ4v) is 3.41. The van der Waals surface area contributed by atoms with Gasteiger partial charge >= 0.3 is 6.18 Å². The van der Waals surface area contributed by atoms with Crippen molar-refractivity contribution in [1.29, 1.82) is 0 Å². The highest BCUT2D eigenvalue weighted by molar-refractivity contribution is 6.00. The van der Waals surface area contributed by atoms with Crippen LogP contribution in [0.3, 0.4) is 0 Å². The molecule has 0 aromatic heterocycles. The van der Waals surface area contributed by atoms with Gasteiger partial charge in [-0.2, -0.15) is 13.2 Å². The third-order valence-corrected chi connectivity index (χ3v) is 4.78. The quantitative estimate of drug-likeness (QED) is 0.737. The maximum atomic E-state index is 12.9. The van der Waals surface area contributed by atoms with Gasteiger partial charge in [-0.05, 0) is 18.6 Å². The number of anilines is 1. The van der Waals surface area contributed by atoms with E-state index >= 15 is 0 Å². The molecule has 0 bridgehead atoms. The molecule has 0 radical (unpaired) electrons. The van der Waals surface area contributed by atoms with Crippen LogP contribution in [-0.4, -0.2) is 55.7 Å². The molecule has 1 aromatic rings. The van der Waals surface area contributed by atoms with Gasteiger partial charge in [-0.15, -0.1) is 0 Å². The monoisotopic (exact) mass is 400 g/mol. The van der Waals surface area contributed by atoms with Crippen molar-refractivity contribution in [3.63, 3.8) is 0 Å². The van der Waals surface area contributed by atoms with Crippen molar-refractivity contribution in [2.75, 3.05) is 37.7 Å². The van der Waals surface area contributed by atoms with Gasteiger partial charge < -0.3 is 19.3 Å². The molecule has 0 aliphatic carbocycles. The Morgan fingerprint density at radius 2 is 1.96 bits per heavy atom. The summed E-state index contributed by atoms with van der Waals surface area (Å²) in [4.78, 5) is 27.4. The minimum atomic E-state index is -4.47. The highest BCUT2D eigenvalue weighted by Crippen LogP contribution is 2.36. The maximum absolute atomic E-state index is 12.9. The fraction of sp³-hybridized carbons (Fsp3) is 0.579. The molecule has 2 aliphatic heterocycles. The summed E-state index contributed by atoms with van der Waals surface area (Å²) in [7, 11) is 0. The van der Waals surface area contributed by atoms with Crippen molar-refractivity contribution in [3.05, 3.63) is 18.2 Å². The number of amides is 2. The molecule has 1 saturated heterocycles. The molecule has 1 fully saturated rings. The second kappa shape index (κ2) is 8.28. The van der Waals surface area contributed by atoms with E-state index in [-0.39, 0.29) is 25.4 Å². The van der Waals surface area contributed by atoms with E-state index in [9.17, 15) is 22.8 Å². The van der Waals surface area contributed by atoms with Crippen LogP contribution in [0.2, 0.25) is 0 Å². The molecule has 2 aliphatic rings. The number of fused-ring (bicyclic) bond motifs is 1. The zero-order chi connectivity index (χ0) is 20.3. The number of hydrogen-bond donors (Lipinski definition) is 0. The van der Waals surface area contributed by atoms with E-state index in [1.54, 1.807) is 18.2 Å². The molecule has 6 nitrogen and oxygen atoms in total. The summed E-state index contributed by atoms with van der Waals surface area (Å²) >= 11 is 0. The van der Waals surface area contributed by atoms with Gasteiger partial charge in [-0.25, -0.2) is 0 Å². The van der Waals surface area contributed by atoms with E-state index in [1.807, 2.05) is 6.92 Å². The smallest absolute Gasteiger partial charge is 0.406 e. The molecule has 0 saturated carbocycles. The van der Waals surface area contributed by atoms with E-state index in [0.29, 0.717) is 43.2 Å². The number of carbonyl (C=O) groups excluding carboxylic acids is 2. The van der Waals surface area contributed by atoms with E-state index < -0.39 is 24.5 Å². The molecule has 2 heterocycles. The van der Waals surface area contributed by atoms with Crippen molar-refractivity contribution < 1.29 is 32.2 Å². The standard InChI is InChI=1S/C19H23F3N2O4/c1-2-3-6-23(12-19(20,21)22)18(26)13-9-17(25)24(11-13)14-4-5-15-16(10-14)28-8-7-27-15/h4-5,10,13H,2-3,6-9,11-12H2,1H3/t13-/m1/s1. The molecule has 0 N–H and O–H groups in total. The summed E-state index contributed by atoms with van der Waals surface area (Å²) in [5.41, 5.74) is 0.542. The van der Waals surface area contributed by atoms with Crippen molar-refractivity contribution in [3.8, 4) is 11.5 Å². The number of unbranched alkanes of at least 4 members (excludes halogenated alkanes) is 1. The highest BCUT2D eigenvalue weighted by Gasteiger charge is 2.40. The molecule has 3 rings (SSSR count). The van der Waals surface area contributed by atoms with E-state index in [1.165, 1.54) is 4.90 Å². The first-order chi connectivity index (χ1) is 13.3. The first-order valence-electron chi connectivity index (χ1n) is 9.34. The number of carbonyl (C=O) groups is 2. The normalized spacial score (nSPS) is 19.1. The average Bonchev–Trinajstić information content (AvgIpc) is 3.05. The van der Waals surface area contributed by atoms with Crippen LogP contribution in [-0.2, 0) is 9.59 Å². The topological polar surface area (TPSA) is 59.1 Å². The summed E-state index contributed by atoms with van der Waals surface area (Å²) in [5, 5.41) is 0. The number of ether oxygens (including phenoxy) is 2. The average molecular weight is 400 g/mol.